The van der Waals surface area contributed by atoms with Gasteiger partial charge in [0.2, 0.25) is 0 Å². The van der Waals surface area contributed by atoms with Crippen LogP contribution in [0.4, 0.5) is 17.1 Å². The SMILES string of the molecule is N#Cc1cc2c(c(C#N)c1N1c3ccccc3Oc3ccccc31)C(c1ccccc1)(c1ccccc1)c1ccccc1-2. The highest BCUT2D eigenvalue weighted by Gasteiger charge is 2.49. The zero-order valence-corrected chi connectivity index (χ0v) is 23.0. The van der Waals surface area contributed by atoms with Gasteiger partial charge in [-0.25, -0.2) is 0 Å². The van der Waals surface area contributed by atoms with Crippen molar-refractivity contribution in [2.45, 2.75) is 5.41 Å². The third-order valence-electron chi connectivity index (χ3n) is 8.60. The first-order valence-corrected chi connectivity index (χ1v) is 14.2. The molecule has 0 fully saturated rings. The van der Waals surface area contributed by atoms with Crippen molar-refractivity contribution in [1.82, 2.24) is 0 Å². The molecule has 43 heavy (non-hydrogen) atoms. The van der Waals surface area contributed by atoms with Gasteiger partial charge in [0.25, 0.3) is 0 Å². The van der Waals surface area contributed by atoms with Crippen LogP contribution in [0.1, 0.15) is 33.4 Å². The Labute approximate surface area is 249 Å². The van der Waals surface area contributed by atoms with Crippen LogP contribution < -0.4 is 9.64 Å². The van der Waals surface area contributed by atoms with Crippen molar-refractivity contribution in [3.63, 3.8) is 0 Å². The largest absolute Gasteiger partial charge is 0.453 e. The molecule has 0 aromatic heterocycles. The minimum Gasteiger partial charge on any atom is -0.453 e. The number of para-hydroxylation sites is 4. The fourth-order valence-corrected chi connectivity index (χ4v) is 6.97. The van der Waals surface area contributed by atoms with Gasteiger partial charge in [-0.05, 0) is 63.7 Å². The maximum Gasteiger partial charge on any atom is 0.151 e. The van der Waals surface area contributed by atoms with Gasteiger partial charge in [-0.2, -0.15) is 10.5 Å². The van der Waals surface area contributed by atoms with Gasteiger partial charge in [0.15, 0.2) is 11.5 Å². The van der Waals surface area contributed by atoms with E-state index in [1.807, 2.05) is 102 Å². The molecular weight excluding hydrogens is 526 g/mol. The average molecular weight is 550 g/mol. The Balaban J connectivity index is 1.56. The van der Waals surface area contributed by atoms with E-state index in [-0.39, 0.29) is 0 Å². The van der Waals surface area contributed by atoms with Gasteiger partial charge < -0.3 is 9.64 Å². The molecular formula is C39H23N3O. The highest BCUT2D eigenvalue weighted by atomic mass is 16.5. The lowest BCUT2D eigenvalue weighted by Crippen LogP contribution is -2.30. The topological polar surface area (TPSA) is 60.0 Å². The van der Waals surface area contributed by atoms with Gasteiger partial charge in [-0.1, -0.05) is 109 Å². The molecule has 200 valence electrons. The summed E-state index contributed by atoms with van der Waals surface area (Å²) in [5, 5.41) is 21.9. The van der Waals surface area contributed by atoms with Gasteiger partial charge in [0.05, 0.1) is 33.6 Å². The van der Waals surface area contributed by atoms with Crippen LogP contribution in [0.5, 0.6) is 11.5 Å². The molecule has 8 rings (SSSR count). The lowest BCUT2D eigenvalue weighted by atomic mass is 9.66. The second-order valence-corrected chi connectivity index (χ2v) is 10.7. The number of anilines is 3. The summed E-state index contributed by atoms with van der Waals surface area (Å²) in [7, 11) is 0. The predicted molar refractivity (Wildman–Crippen MR) is 168 cm³/mol. The van der Waals surface area contributed by atoms with E-state index in [1.54, 1.807) is 0 Å². The monoisotopic (exact) mass is 549 g/mol. The number of nitriles is 2. The Morgan fingerprint density at radius 1 is 0.558 bits per heavy atom. The molecule has 4 heteroatoms. The number of fused-ring (bicyclic) bond motifs is 5. The van der Waals surface area contributed by atoms with Crippen molar-refractivity contribution >= 4 is 17.1 Å². The Kier molecular flexibility index (Phi) is 5.44. The minimum absolute atomic E-state index is 0.425. The van der Waals surface area contributed by atoms with E-state index in [9.17, 15) is 10.5 Å². The van der Waals surface area contributed by atoms with Gasteiger partial charge in [0.1, 0.15) is 12.1 Å². The average Bonchev–Trinajstić information content (AvgIpc) is 3.38. The van der Waals surface area contributed by atoms with Gasteiger partial charge in [-0.3, -0.25) is 0 Å². The molecule has 0 bridgehead atoms. The van der Waals surface area contributed by atoms with Crippen LogP contribution in [0.25, 0.3) is 11.1 Å². The molecule has 6 aromatic carbocycles. The molecule has 1 aliphatic heterocycles. The van der Waals surface area contributed by atoms with E-state index >= 15 is 0 Å². The summed E-state index contributed by atoms with van der Waals surface area (Å²) in [6.07, 6.45) is 0. The van der Waals surface area contributed by atoms with Crippen LogP contribution in [0.15, 0.2) is 140 Å². The molecule has 2 aliphatic rings. The first kappa shape index (κ1) is 24.7. The third-order valence-corrected chi connectivity index (χ3v) is 8.60. The first-order valence-electron chi connectivity index (χ1n) is 14.2. The molecule has 0 amide bonds. The first-order chi connectivity index (χ1) is 21.3. The van der Waals surface area contributed by atoms with Crippen molar-refractivity contribution in [3.8, 4) is 34.8 Å². The van der Waals surface area contributed by atoms with Crippen LogP contribution in [0.2, 0.25) is 0 Å². The van der Waals surface area contributed by atoms with E-state index in [0.29, 0.717) is 28.3 Å². The smallest absolute Gasteiger partial charge is 0.151 e. The summed E-state index contributed by atoms with van der Waals surface area (Å²) in [5.74, 6) is 1.32. The fourth-order valence-electron chi connectivity index (χ4n) is 6.97. The Bertz CT molecular complexity index is 2050. The summed E-state index contributed by atoms with van der Waals surface area (Å²) in [5.41, 5.74) is 8.20. The van der Waals surface area contributed by atoms with Crippen LogP contribution in [0, 0.1) is 22.7 Å². The fraction of sp³-hybridized carbons (Fsp3) is 0.0256. The molecule has 0 saturated carbocycles. The number of hydrogen-bond donors (Lipinski definition) is 0. The van der Waals surface area contributed by atoms with Crippen molar-refractivity contribution in [2.75, 3.05) is 4.90 Å². The number of hydrogen-bond acceptors (Lipinski definition) is 4. The highest BCUT2D eigenvalue weighted by Crippen LogP contribution is 2.60. The minimum atomic E-state index is -0.784. The zero-order chi connectivity index (χ0) is 29.0. The van der Waals surface area contributed by atoms with Crippen LogP contribution in [-0.4, -0.2) is 0 Å². The summed E-state index contributed by atoms with van der Waals surface area (Å²) in [4.78, 5) is 2.02. The quantitative estimate of drug-likeness (QED) is 0.220. The summed E-state index contributed by atoms with van der Waals surface area (Å²) in [6.45, 7) is 0. The normalized spacial score (nSPS) is 13.4. The van der Waals surface area contributed by atoms with E-state index in [0.717, 1.165) is 44.8 Å². The number of rotatable bonds is 3. The Morgan fingerprint density at radius 2 is 1.09 bits per heavy atom. The third kappa shape index (κ3) is 3.35. The van der Waals surface area contributed by atoms with E-state index in [2.05, 4.69) is 54.6 Å². The van der Waals surface area contributed by atoms with Crippen molar-refractivity contribution < 1.29 is 4.74 Å². The summed E-state index contributed by atoms with van der Waals surface area (Å²) >= 11 is 0. The molecule has 0 spiro atoms. The number of ether oxygens (including phenoxy) is 1. The van der Waals surface area contributed by atoms with Crippen molar-refractivity contribution in [2.24, 2.45) is 0 Å². The van der Waals surface area contributed by atoms with Crippen molar-refractivity contribution in [3.05, 3.63) is 173 Å². The number of benzene rings is 6. The molecule has 1 aliphatic carbocycles. The van der Waals surface area contributed by atoms with Crippen LogP contribution in [0.3, 0.4) is 0 Å². The van der Waals surface area contributed by atoms with E-state index < -0.39 is 5.41 Å². The summed E-state index contributed by atoms with van der Waals surface area (Å²) in [6, 6.07) is 51.7. The van der Waals surface area contributed by atoms with Gasteiger partial charge >= 0.3 is 0 Å². The van der Waals surface area contributed by atoms with E-state index in [1.165, 1.54) is 0 Å². The van der Waals surface area contributed by atoms with Crippen LogP contribution in [-0.2, 0) is 5.41 Å². The zero-order valence-electron chi connectivity index (χ0n) is 23.0. The Hall–Kier alpha value is -6.10. The predicted octanol–water partition coefficient (Wildman–Crippen LogP) is 9.37. The Morgan fingerprint density at radius 3 is 1.67 bits per heavy atom. The molecule has 1 heterocycles. The molecule has 0 unspecified atom stereocenters. The van der Waals surface area contributed by atoms with Gasteiger partial charge in [-0.15, -0.1) is 0 Å². The molecule has 4 nitrogen and oxygen atoms in total. The van der Waals surface area contributed by atoms with Crippen LogP contribution >= 0.6 is 0 Å². The molecule has 0 N–H and O–H groups in total. The molecule has 0 radical (unpaired) electrons. The summed E-state index contributed by atoms with van der Waals surface area (Å²) < 4.78 is 6.29. The lowest BCUT2D eigenvalue weighted by Gasteiger charge is -2.37. The number of nitrogens with zero attached hydrogens (tertiary/aromatic N) is 3. The van der Waals surface area contributed by atoms with E-state index in [4.69, 9.17) is 4.74 Å². The molecule has 0 saturated heterocycles. The molecule has 6 aromatic rings. The maximum atomic E-state index is 11.2. The highest BCUT2D eigenvalue weighted by molar-refractivity contribution is 5.97. The maximum absolute atomic E-state index is 11.2. The van der Waals surface area contributed by atoms with Gasteiger partial charge in [0, 0.05) is 0 Å². The van der Waals surface area contributed by atoms with Crippen molar-refractivity contribution in [1.29, 1.82) is 10.5 Å². The standard InChI is InChI=1S/C39H23N3O/c40-24-26-23-30-29-17-7-8-18-32(29)39(27-13-3-1-4-14-27,28-15-5-2-6-16-28)37(30)31(25-41)38(26)42-33-19-9-11-21-35(33)43-36-22-12-10-20-34(36)42/h1-23H. The second kappa shape index (κ2) is 9.48. The second-order valence-electron chi connectivity index (χ2n) is 10.7. The molecule has 0 atom stereocenters. The lowest BCUT2D eigenvalue weighted by molar-refractivity contribution is 0.477.